The van der Waals surface area contributed by atoms with E-state index in [1.165, 1.54) is 154 Å². The molecule has 6 nitrogen and oxygen atoms in total. The van der Waals surface area contributed by atoms with Gasteiger partial charge in [0.15, 0.2) is 6.10 Å². The summed E-state index contributed by atoms with van der Waals surface area (Å²) in [7, 11) is 0. The summed E-state index contributed by atoms with van der Waals surface area (Å²) < 4.78 is 16.8. The van der Waals surface area contributed by atoms with Crippen LogP contribution in [0.2, 0.25) is 0 Å². The molecule has 0 N–H and O–H groups in total. The van der Waals surface area contributed by atoms with Crippen LogP contribution in [0.25, 0.3) is 0 Å². The molecule has 0 saturated carbocycles. The maximum atomic E-state index is 12.9. The fourth-order valence-corrected chi connectivity index (χ4v) is 8.23. The van der Waals surface area contributed by atoms with Gasteiger partial charge in [0.25, 0.3) is 0 Å². The molecule has 0 aliphatic heterocycles. The molecule has 0 aliphatic carbocycles. The number of carbonyl (C=O) groups is 3. The Morgan fingerprint density at radius 2 is 0.536 bits per heavy atom. The van der Waals surface area contributed by atoms with Crippen molar-refractivity contribution in [1.29, 1.82) is 0 Å². The number of rotatable bonds is 53. The summed E-state index contributed by atoms with van der Waals surface area (Å²) in [4.78, 5) is 38.2. The Labute approximate surface area is 427 Å². The van der Waals surface area contributed by atoms with Crippen LogP contribution in [0.5, 0.6) is 0 Å². The van der Waals surface area contributed by atoms with E-state index in [4.69, 9.17) is 14.2 Å². The summed E-state index contributed by atoms with van der Waals surface area (Å²) in [5, 5.41) is 0. The summed E-state index contributed by atoms with van der Waals surface area (Å²) >= 11 is 0. The monoisotopic (exact) mass is 963 g/mol. The molecule has 0 spiro atoms. The first-order valence-corrected chi connectivity index (χ1v) is 29.4. The lowest BCUT2D eigenvalue weighted by atomic mass is 10.0. The van der Waals surface area contributed by atoms with Crippen LogP contribution >= 0.6 is 0 Å². The summed E-state index contributed by atoms with van der Waals surface area (Å²) in [5.41, 5.74) is 0. The SMILES string of the molecule is CCCCC/C=C\C/C=C\C/C=C\C/C=C\CCCC(=O)OC[C@H](COC(=O)CCCCCCC/C=C\C/C=C\CCCCC)OC(=O)CCCCCCCCCCCCCCCCCCCCC. The fraction of sp³-hybridized carbons (Fsp3) is 0.762. The first-order valence-electron chi connectivity index (χ1n) is 29.4. The zero-order valence-corrected chi connectivity index (χ0v) is 45.6. The average molecular weight is 964 g/mol. The molecule has 0 bridgehead atoms. The van der Waals surface area contributed by atoms with Crippen molar-refractivity contribution in [2.45, 2.75) is 297 Å². The van der Waals surface area contributed by atoms with Gasteiger partial charge >= 0.3 is 17.9 Å². The third-order valence-electron chi connectivity index (χ3n) is 12.7. The molecule has 69 heavy (non-hydrogen) atoms. The van der Waals surface area contributed by atoms with E-state index in [0.29, 0.717) is 19.3 Å². The molecule has 0 aliphatic rings. The van der Waals surface area contributed by atoms with Crippen molar-refractivity contribution < 1.29 is 28.6 Å². The van der Waals surface area contributed by atoms with E-state index >= 15 is 0 Å². The maximum Gasteiger partial charge on any atom is 0.306 e. The Morgan fingerprint density at radius 1 is 0.290 bits per heavy atom. The van der Waals surface area contributed by atoms with Gasteiger partial charge in [0.05, 0.1) is 0 Å². The molecule has 0 heterocycles. The molecule has 0 amide bonds. The molecule has 0 saturated heterocycles. The van der Waals surface area contributed by atoms with Gasteiger partial charge in [0.2, 0.25) is 0 Å². The van der Waals surface area contributed by atoms with E-state index in [1.54, 1.807) is 0 Å². The van der Waals surface area contributed by atoms with E-state index in [-0.39, 0.29) is 37.5 Å². The predicted octanol–water partition coefficient (Wildman–Crippen LogP) is 19.8. The van der Waals surface area contributed by atoms with Crippen molar-refractivity contribution in [3.63, 3.8) is 0 Å². The van der Waals surface area contributed by atoms with Gasteiger partial charge in [-0.25, -0.2) is 0 Å². The second kappa shape index (κ2) is 57.4. The highest BCUT2D eigenvalue weighted by atomic mass is 16.6. The van der Waals surface area contributed by atoms with E-state index in [2.05, 4.69) is 93.7 Å². The first-order chi connectivity index (χ1) is 34.0. The van der Waals surface area contributed by atoms with Gasteiger partial charge in [-0.1, -0.05) is 254 Å². The number of ether oxygens (including phenoxy) is 3. The normalized spacial score (nSPS) is 12.6. The quantitative estimate of drug-likeness (QED) is 0.0262. The average Bonchev–Trinajstić information content (AvgIpc) is 3.35. The van der Waals surface area contributed by atoms with E-state index in [1.807, 2.05) is 0 Å². The zero-order valence-electron chi connectivity index (χ0n) is 45.6. The highest BCUT2D eigenvalue weighted by Gasteiger charge is 2.19. The Hall–Kier alpha value is -3.15. The van der Waals surface area contributed by atoms with Crippen LogP contribution in [0.1, 0.15) is 290 Å². The number of hydrogen-bond donors (Lipinski definition) is 0. The fourth-order valence-electron chi connectivity index (χ4n) is 8.23. The lowest BCUT2D eigenvalue weighted by molar-refractivity contribution is -0.167. The van der Waals surface area contributed by atoms with Crippen LogP contribution in [-0.4, -0.2) is 37.2 Å². The molecule has 0 rings (SSSR count). The van der Waals surface area contributed by atoms with Crippen molar-refractivity contribution in [1.82, 2.24) is 0 Å². The highest BCUT2D eigenvalue weighted by Crippen LogP contribution is 2.16. The summed E-state index contributed by atoms with van der Waals surface area (Å²) in [6, 6.07) is 0. The Kier molecular flexibility index (Phi) is 54.8. The van der Waals surface area contributed by atoms with Crippen LogP contribution in [0.3, 0.4) is 0 Å². The molecule has 398 valence electrons. The van der Waals surface area contributed by atoms with E-state index < -0.39 is 6.10 Å². The third kappa shape index (κ3) is 55.6. The van der Waals surface area contributed by atoms with Gasteiger partial charge < -0.3 is 14.2 Å². The largest absolute Gasteiger partial charge is 0.462 e. The molecular formula is C63H110O6. The molecule has 0 unspecified atom stereocenters. The smallest absolute Gasteiger partial charge is 0.306 e. The van der Waals surface area contributed by atoms with Gasteiger partial charge in [-0.05, 0) is 89.9 Å². The molecule has 0 radical (unpaired) electrons. The van der Waals surface area contributed by atoms with Gasteiger partial charge in [0.1, 0.15) is 13.2 Å². The van der Waals surface area contributed by atoms with Gasteiger partial charge in [0, 0.05) is 19.3 Å². The summed E-state index contributed by atoms with van der Waals surface area (Å²) in [6.45, 7) is 6.55. The van der Waals surface area contributed by atoms with Crippen molar-refractivity contribution in [3.8, 4) is 0 Å². The molecule has 0 aromatic carbocycles. The number of hydrogen-bond acceptors (Lipinski definition) is 6. The van der Waals surface area contributed by atoms with Crippen LogP contribution in [0.4, 0.5) is 0 Å². The van der Waals surface area contributed by atoms with Crippen LogP contribution in [0.15, 0.2) is 72.9 Å². The van der Waals surface area contributed by atoms with Gasteiger partial charge in [-0.15, -0.1) is 0 Å². The second-order valence-electron chi connectivity index (χ2n) is 19.6. The van der Waals surface area contributed by atoms with Crippen LogP contribution in [-0.2, 0) is 28.6 Å². The molecule has 0 aromatic rings. The molecular weight excluding hydrogens is 853 g/mol. The molecule has 1 atom stereocenters. The molecule has 0 fully saturated rings. The minimum absolute atomic E-state index is 0.0977. The minimum Gasteiger partial charge on any atom is -0.462 e. The summed E-state index contributed by atoms with van der Waals surface area (Å²) in [5.74, 6) is -0.957. The standard InChI is InChI=1S/C63H110O6/c1-4-7-10-13-16-19-22-25-28-30-31-33-36-39-42-45-48-51-54-57-63(66)69-60(58-67-61(64)55-52-49-46-43-40-37-34-27-24-21-18-15-12-9-6-3)59-68-62(65)56-53-50-47-44-41-38-35-32-29-26-23-20-17-14-11-8-5-2/h17-18,20-21,26-27,29,34-35,38,44,47,60H,4-16,19,22-25,28,30-33,36-37,39-43,45-46,48-59H2,1-3H3/b20-17-,21-18-,29-26-,34-27-,38-35-,47-44-/t60-/m0/s1. The van der Waals surface area contributed by atoms with E-state index in [0.717, 1.165) is 89.9 Å². The first kappa shape index (κ1) is 65.8. The lowest BCUT2D eigenvalue weighted by Gasteiger charge is -2.18. The second-order valence-corrected chi connectivity index (χ2v) is 19.6. The van der Waals surface area contributed by atoms with Crippen molar-refractivity contribution in [3.05, 3.63) is 72.9 Å². The van der Waals surface area contributed by atoms with Crippen molar-refractivity contribution in [2.75, 3.05) is 13.2 Å². The predicted molar refractivity (Wildman–Crippen MR) is 298 cm³/mol. The minimum atomic E-state index is -0.802. The van der Waals surface area contributed by atoms with Gasteiger partial charge in [-0.3, -0.25) is 14.4 Å². The van der Waals surface area contributed by atoms with Crippen LogP contribution < -0.4 is 0 Å². The number of esters is 3. The Morgan fingerprint density at radius 3 is 0.899 bits per heavy atom. The summed E-state index contributed by atoms with van der Waals surface area (Å²) in [6.07, 6.45) is 73.3. The zero-order chi connectivity index (χ0) is 50.0. The third-order valence-corrected chi connectivity index (χ3v) is 12.7. The number of carbonyl (C=O) groups excluding carboxylic acids is 3. The number of unbranched alkanes of at least 4 members (excludes halogenated alkanes) is 30. The molecule has 0 aromatic heterocycles. The van der Waals surface area contributed by atoms with Crippen molar-refractivity contribution >= 4 is 17.9 Å². The van der Waals surface area contributed by atoms with Gasteiger partial charge in [-0.2, -0.15) is 0 Å². The topological polar surface area (TPSA) is 78.9 Å². The Bertz CT molecular complexity index is 1290. The lowest BCUT2D eigenvalue weighted by Crippen LogP contribution is -2.30. The molecule has 6 heteroatoms. The van der Waals surface area contributed by atoms with E-state index in [9.17, 15) is 14.4 Å². The van der Waals surface area contributed by atoms with Crippen LogP contribution in [0, 0.1) is 0 Å². The maximum absolute atomic E-state index is 12.9. The van der Waals surface area contributed by atoms with Crippen molar-refractivity contribution in [2.24, 2.45) is 0 Å². The number of allylic oxidation sites excluding steroid dienone is 12. The highest BCUT2D eigenvalue weighted by molar-refractivity contribution is 5.71. The Balaban J connectivity index is 4.45.